The molecule has 0 unspecified atom stereocenters. The van der Waals surface area contributed by atoms with E-state index < -0.39 is 0 Å². The second-order valence-corrected chi connectivity index (χ2v) is 6.16. The van der Waals surface area contributed by atoms with Crippen LogP contribution in [0, 0.1) is 6.92 Å². The van der Waals surface area contributed by atoms with Gasteiger partial charge in [0.15, 0.2) is 5.78 Å². The zero-order chi connectivity index (χ0) is 16.7. The lowest BCUT2D eigenvalue weighted by atomic mass is 10.0. The van der Waals surface area contributed by atoms with Crippen LogP contribution in [0.1, 0.15) is 33.5 Å². The Hall–Kier alpha value is -1.90. The third-order valence-corrected chi connectivity index (χ3v) is 3.91. The molecule has 0 amide bonds. The van der Waals surface area contributed by atoms with E-state index in [0.717, 1.165) is 30.5 Å². The first kappa shape index (κ1) is 20.1. The number of aryl methyl sites for hydroxylation is 2. The number of allylic oxidation sites excluding steroid dienone is 1. The maximum atomic E-state index is 12.3. The Balaban J connectivity index is 0.00000288. The molecule has 24 heavy (non-hydrogen) atoms. The molecule has 0 saturated carbocycles. The summed E-state index contributed by atoms with van der Waals surface area (Å²) in [5.41, 5.74) is 4.28. The van der Waals surface area contributed by atoms with Crippen molar-refractivity contribution in [2.24, 2.45) is 0 Å². The monoisotopic (exact) mass is 343 g/mol. The van der Waals surface area contributed by atoms with E-state index in [1.807, 2.05) is 49.4 Å². The van der Waals surface area contributed by atoms with Crippen LogP contribution in [-0.4, -0.2) is 31.3 Å². The molecule has 0 bridgehead atoms. The zero-order valence-electron chi connectivity index (χ0n) is 14.7. The fraction of sp³-hybridized carbons (Fsp3) is 0.286. The number of hydrogen-bond donors (Lipinski definition) is 0. The molecule has 0 atom stereocenters. The second kappa shape index (κ2) is 10.1. The summed E-state index contributed by atoms with van der Waals surface area (Å²) in [7, 11) is 4.17. The van der Waals surface area contributed by atoms with Crippen LogP contribution in [0.4, 0.5) is 0 Å². The molecule has 3 heteroatoms. The smallest absolute Gasteiger partial charge is 0.185 e. The number of ketones is 1. The third kappa shape index (κ3) is 6.31. The lowest BCUT2D eigenvalue weighted by Gasteiger charge is -2.09. The number of nitrogens with zero attached hydrogens (tertiary/aromatic N) is 1. The molecular weight excluding hydrogens is 318 g/mol. The Morgan fingerprint density at radius 3 is 2.33 bits per heavy atom. The van der Waals surface area contributed by atoms with Crippen LogP contribution < -0.4 is 0 Å². The molecule has 128 valence electrons. The van der Waals surface area contributed by atoms with Gasteiger partial charge in [0.1, 0.15) is 0 Å². The van der Waals surface area contributed by atoms with Gasteiger partial charge in [-0.25, -0.2) is 0 Å². The van der Waals surface area contributed by atoms with Gasteiger partial charge in [0.05, 0.1) is 0 Å². The molecule has 0 fully saturated rings. The SMILES string of the molecule is Cc1ccccc1C=CC(=O)c1ccc(CCCN(C)C)cc1.Cl. The van der Waals surface area contributed by atoms with E-state index in [1.165, 1.54) is 11.1 Å². The molecule has 2 aromatic carbocycles. The van der Waals surface area contributed by atoms with Crippen molar-refractivity contribution >= 4 is 24.3 Å². The highest BCUT2D eigenvalue weighted by Gasteiger charge is 2.02. The van der Waals surface area contributed by atoms with Crippen molar-refractivity contribution in [3.63, 3.8) is 0 Å². The average Bonchev–Trinajstić information content (AvgIpc) is 2.54. The van der Waals surface area contributed by atoms with Gasteiger partial charge in [-0.3, -0.25) is 4.79 Å². The molecule has 0 aliphatic rings. The zero-order valence-corrected chi connectivity index (χ0v) is 15.5. The number of carbonyl (C=O) groups excluding carboxylic acids is 1. The molecular formula is C21H26ClNO. The van der Waals surface area contributed by atoms with Gasteiger partial charge in [0, 0.05) is 5.56 Å². The first-order valence-corrected chi connectivity index (χ1v) is 8.08. The standard InChI is InChI=1S/C21H25NO.ClH/c1-17-7-4-5-9-19(17)14-15-21(23)20-12-10-18(11-13-20)8-6-16-22(2)3;/h4-5,7,9-15H,6,8,16H2,1-3H3;1H. The fourth-order valence-corrected chi connectivity index (χ4v) is 2.47. The second-order valence-electron chi connectivity index (χ2n) is 6.16. The quantitative estimate of drug-likeness (QED) is 0.531. The van der Waals surface area contributed by atoms with Gasteiger partial charge in [-0.2, -0.15) is 0 Å². The highest BCUT2D eigenvalue weighted by atomic mass is 35.5. The number of halogens is 1. The Morgan fingerprint density at radius 2 is 1.71 bits per heavy atom. The van der Waals surface area contributed by atoms with Crippen molar-refractivity contribution in [3.8, 4) is 0 Å². The maximum absolute atomic E-state index is 12.3. The van der Waals surface area contributed by atoms with Gasteiger partial charge in [0.25, 0.3) is 0 Å². The largest absolute Gasteiger partial charge is 0.309 e. The highest BCUT2D eigenvalue weighted by Crippen LogP contribution is 2.12. The molecule has 0 spiro atoms. The van der Waals surface area contributed by atoms with E-state index in [9.17, 15) is 4.79 Å². The fourth-order valence-electron chi connectivity index (χ4n) is 2.47. The molecule has 0 N–H and O–H groups in total. The summed E-state index contributed by atoms with van der Waals surface area (Å²) in [6.07, 6.45) is 5.73. The Morgan fingerprint density at radius 1 is 1.04 bits per heavy atom. The van der Waals surface area contributed by atoms with Crippen molar-refractivity contribution in [1.82, 2.24) is 4.90 Å². The van der Waals surface area contributed by atoms with Crippen molar-refractivity contribution < 1.29 is 4.79 Å². The number of benzene rings is 2. The van der Waals surface area contributed by atoms with E-state index in [2.05, 4.69) is 31.1 Å². The van der Waals surface area contributed by atoms with Gasteiger partial charge >= 0.3 is 0 Å². The maximum Gasteiger partial charge on any atom is 0.185 e. The van der Waals surface area contributed by atoms with Gasteiger partial charge in [0.2, 0.25) is 0 Å². The van der Waals surface area contributed by atoms with Crippen LogP contribution in [0.15, 0.2) is 54.6 Å². The van der Waals surface area contributed by atoms with Crippen molar-refractivity contribution in [2.75, 3.05) is 20.6 Å². The number of carbonyl (C=O) groups is 1. The van der Waals surface area contributed by atoms with Crippen molar-refractivity contribution in [1.29, 1.82) is 0 Å². The summed E-state index contributed by atoms with van der Waals surface area (Å²) < 4.78 is 0. The van der Waals surface area contributed by atoms with Crippen LogP contribution in [0.25, 0.3) is 6.08 Å². The normalized spacial score (nSPS) is 10.8. The lowest BCUT2D eigenvalue weighted by molar-refractivity contribution is 0.104. The van der Waals surface area contributed by atoms with Gasteiger partial charge < -0.3 is 4.90 Å². The molecule has 0 aliphatic carbocycles. The predicted molar refractivity (Wildman–Crippen MR) is 105 cm³/mol. The summed E-state index contributed by atoms with van der Waals surface area (Å²) in [6.45, 7) is 3.13. The van der Waals surface area contributed by atoms with E-state index in [4.69, 9.17) is 0 Å². The van der Waals surface area contributed by atoms with Crippen LogP contribution in [0.2, 0.25) is 0 Å². The minimum Gasteiger partial charge on any atom is -0.309 e. The molecule has 0 aliphatic heterocycles. The van der Waals surface area contributed by atoms with Gasteiger partial charge in [-0.1, -0.05) is 54.6 Å². The molecule has 0 aromatic heterocycles. The van der Waals surface area contributed by atoms with E-state index in [-0.39, 0.29) is 18.2 Å². The molecule has 0 saturated heterocycles. The molecule has 2 rings (SSSR count). The van der Waals surface area contributed by atoms with Crippen LogP contribution in [0.5, 0.6) is 0 Å². The Kier molecular flexibility index (Phi) is 8.45. The first-order valence-electron chi connectivity index (χ1n) is 8.08. The summed E-state index contributed by atoms with van der Waals surface area (Å²) >= 11 is 0. The highest BCUT2D eigenvalue weighted by molar-refractivity contribution is 6.06. The van der Waals surface area contributed by atoms with Crippen LogP contribution in [-0.2, 0) is 6.42 Å². The minimum absolute atomic E-state index is 0. The Bertz CT molecular complexity index is 674. The van der Waals surface area contributed by atoms with Crippen molar-refractivity contribution in [2.45, 2.75) is 19.8 Å². The third-order valence-electron chi connectivity index (χ3n) is 3.91. The van der Waals surface area contributed by atoms with Crippen LogP contribution >= 0.6 is 12.4 Å². The minimum atomic E-state index is 0. The Labute approximate surface area is 151 Å². The number of hydrogen-bond acceptors (Lipinski definition) is 2. The number of rotatable bonds is 7. The average molecular weight is 344 g/mol. The molecule has 2 aromatic rings. The topological polar surface area (TPSA) is 20.3 Å². The lowest BCUT2D eigenvalue weighted by Crippen LogP contribution is -2.13. The van der Waals surface area contributed by atoms with Gasteiger partial charge in [-0.05, 0) is 63.2 Å². The molecule has 0 heterocycles. The summed E-state index contributed by atoms with van der Waals surface area (Å²) in [5.74, 6) is 0.0492. The van der Waals surface area contributed by atoms with Crippen molar-refractivity contribution in [3.05, 3.63) is 76.9 Å². The summed E-state index contributed by atoms with van der Waals surface area (Å²) in [5, 5.41) is 0. The molecule has 0 radical (unpaired) electrons. The predicted octanol–water partition coefficient (Wildman–Crippen LogP) is 4.81. The summed E-state index contributed by atoms with van der Waals surface area (Å²) in [6, 6.07) is 16.0. The molecule has 2 nitrogen and oxygen atoms in total. The van der Waals surface area contributed by atoms with E-state index >= 15 is 0 Å². The van der Waals surface area contributed by atoms with Gasteiger partial charge in [-0.15, -0.1) is 12.4 Å². The van der Waals surface area contributed by atoms with E-state index in [0.29, 0.717) is 0 Å². The summed E-state index contributed by atoms with van der Waals surface area (Å²) in [4.78, 5) is 14.4. The van der Waals surface area contributed by atoms with E-state index in [1.54, 1.807) is 6.08 Å². The van der Waals surface area contributed by atoms with Crippen LogP contribution in [0.3, 0.4) is 0 Å². The first-order chi connectivity index (χ1) is 11.1.